The molecule has 0 aliphatic rings. The molecule has 1 amide bonds. The molecule has 0 aliphatic carbocycles. The van der Waals surface area contributed by atoms with Crippen LogP contribution < -0.4 is 5.32 Å². The van der Waals surface area contributed by atoms with Gasteiger partial charge in [0.15, 0.2) is 0 Å². The molecule has 7 heteroatoms. The summed E-state index contributed by atoms with van der Waals surface area (Å²) in [4.78, 5) is 23.1. The number of carbonyl (C=O) groups is 2. The van der Waals surface area contributed by atoms with E-state index in [1.807, 2.05) is 0 Å². The summed E-state index contributed by atoms with van der Waals surface area (Å²) in [6, 6.07) is 3.50. The first-order valence-electron chi connectivity index (χ1n) is 5.37. The molecule has 104 valence electrons. The lowest BCUT2D eigenvalue weighted by molar-refractivity contribution is -0.144. The first kappa shape index (κ1) is 15.8. The highest BCUT2D eigenvalue weighted by atomic mass is 35.5. The summed E-state index contributed by atoms with van der Waals surface area (Å²) < 4.78 is 17.6. The SMILES string of the molecule is COC(=O)C(CSc1ccc(F)c(Cl)c1)NC(C)=O. The molecule has 0 fully saturated rings. The second-order valence-corrected chi connectivity index (χ2v) is 5.16. The van der Waals surface area contributed by atoms with Gasteiger partial charge in [0.05, 0.1) is 12.1 Å². The number of hydrogen-bond acceptors (Lipinski definition) is 4. The molecule has 0 saturated heterocycles. The first-order valence-corrected chi connectivity index (χ1v) is 6.73. The van der Waals surface area contributed by atoms with Crippen LogP contribution in [-0.2, 0) is 14.3 Å². The molecular formula is C12H13ClFNO3S. The van der Waals surface area contributed by atoms with Crippen LogP contribution in [0.3, 0.4) is 0 Å². The molecule has 0 bridgehead atoms. The van der Waals surface area contributed by atoms with Crippen molar-refractivity contribution in [1.29, 1.82) is 0 Å². The molecule has 1 N–H and O–H groups in total. The van der Waals surface area contributed by atoms with Crippen molar-refractivity contribution in [1.82, 2.24) is 5.32 Å². The molecule has 0 saturated carbocycles. The quantitative estimate of drug-likeness (QED) is 0.669. The van der Waals surface area contributed by atoms with Gasteiger partial charge in [-0.2, -0.15) is 0 Å². The highest BCUT2D eigenvalue weighted by molar-refractivity contribution is 7.99. The van der Waals surface area contributed by atoms with Gasteiger partial charge in [0.2, 0.25) is 5.91 Å². The Morgan fingerprint density at radius 2 is 2.21 bits per heavy atom. The van der Waals surface area contributed by atoms with E-state index in [9.17, 15) is 14.0 Å². The summed E-state index contributed by atoms with van der Waals surface area (Å²) in [5, 5.41) is 2.50. The van der Waals surface area contributed by atoms with Gasteiger partial charge in [0, 0.05) is 17.6 Å². The molecule has 0 aromatic heterocycles. The van der Waals surface area contributed by atoms with Crippen LogP contribution in [0.1, 0.15) is 6.92 Å². The van der Waals surface area contributed by atoms with E-state index < -0.39 is 17.8 Å². The van der Waals surface area contributed by atoms with Crippen LogP contribution in [0.5, 0.6) is 0 Å². The van der Waals surface area contributed by atoms with E-state index in [2.05, 4.69) is 10.1 Å². The van der Waals surface area contributed by atoms with Crippen molar-refractivity contribution in [2.24, 2.45) is 0 Å². The fraction of sp³-hybridized carbons (Fsp3) is 0.333. The van der Waals surface area contributed by atoms with E-state index in [-0.39, 0.29) is 16.7 Å². The number of carbonyl (C=O) groups excluding carboxylic acids is 2. The number of halogens is 2. The topological polar surface area (TPSA) is 55.4 Å². The van der Waals surface area contributed by atoms with E-state index in [1.165, 1.54) is 37.9 Å². The maximum absolute atomic E-state index is 13.0. The second kappa shape index (κ2) is 7.35. The van der Waals surface area contributed by atoms with E-state index in [1.54, 1.807) is 6.07 Å². The molecule has 0 heterocycles. The van der Waals surface area contributed by atoms with Gasteiger partial charge >= 0.3 is 5.97 Å². The van der Waals surface area contributed by atoms with Gasteiger partial charge in [-0.3, -0.25) is 4.79 Å². The number of methoxy groups -OCH3 is 1. The van der Waals surface area contributed by atoms with Gasteiger partial charge in [0.1, 0.15) is 11.9 Å². The van der Waals surface area contributed by atoms with Gasteiger partial charge in [-0.05, 0) is 18.2 Å². The number of hydrogen-bond donors (Lipinski definition) is 1. The maximum atomic E-state index is 13.0. The van der Waals surface area contributed by atoms with Gasteiger partial charge in [0.25, 0.3) is 0 Å². The molecule has 1 atom stereocenters. The van der Waals surface area contributed by atoms with Crippen molar-refractivity contribution in [3.05, 3.63) is 29.0 Å². The zero-order valence-electron chi connectivity index (χ0n) is 10.4. The molecular weight excluding hydrogens is 293 g/mol. The highest BCUT2D eigenvalue weighted by Gasteiger charge is 2.20. The molecule has 0 aliphatic heterocycles. The smallest absolute Gasteiger partial charge is 0.329 e. The van der Waals surface area contributed by atoms with Crippen molar-refractivity contribution in [2.45, 2.75) is 17.9 Å². The van der Waals surface area contributed by atoms with Crippen molar-refractivity contribution in [3.8, 4) is 0 Å². The van der Waals surface area contributed by atoms with Gasteiger partial charge in [-0.25, -0.2) is 9.18 Å². The number of esters is 1. The van der Waals surface area contributed by atoms with Crippen LogP contribution in [0, 0.1) is 5.82 Å². The summed E-state index contributed by atoms with van der Waals surface area (Å²) in [6.45, 7) is 1.31. The van der Waals surface area contributed by atoms with Gasteiger partial charge in [-0.15, -0.1) is 11.8 Å². The second-order valence-electron chi connectivity index (χ2n) is 3.66. The van der Waals surface area contributed by atoms with Crippen LogP contribution in [0.2, 0.25) is 5.02 Å². The third-order valence-electron chi connectivity index (χ3n) is 2.17. The number of rotatable bonds is 5. The average molecular weight is 306 g/mol. The minimum atomic E-state index is -0.753. The largest absolute Gasteiger partial charge is 0.467 e. The Morgan fingerprint density at radius 3 is 2.74 bits per heavy atom. The Morgan fingerprint density at radius 1 is 1.53 bits per heavy atom. The Hall–Kier alpha value is -1.27. The van der Waals surface area contributed by atoms with E-state index in [4.69, 9.17) is 11.6 Å². The summed E-state index contributed by atoms with van der Waals surface area (Å²) in [7, 11) is 1.25. The van der Waals surface area contributed by atoms with Crippen LogP contribution in [-0.4, -0.2) is 30.8 Å². The minimum Gasteiger partial charge on any atom is -0.467 e. The van der Waals surface area contributed by atoms with Crippen LogP contribution in [0.25, 0.3) is 0 Å². The summed E-state index contributed by atoms with van der Waals surface area (Å²) in [5.41, 5.74) is 0. The average Bonchev–Trinajstić information content (AvgIpc) is 2.37. The third kappa shape index (κ3) is 5.08. The lowest BCUT2D eigenvalue weighted by Gasteiger charge is -2.15. The lowest BCUT2D eigenvalue weighted by Crippen LogP contribution is -2.42. The number of ether oxygens (including phenoxy) is 1. The summed E-state index contributed by atoms with van der Waals surface area (Å²) >= 11 is 6.92. The predicted molar refractivity (Wildman–Crippen MR) is 71.8 cm³/mol. The van der Waals surface area contributed by atoms with Crippen molar-refractivity contribution in [2.75, 3.05) is 12.9 Å². The van der Waals surface area contributed by atoms with Crippen LogP contribution >= 0.6 is 23.4 Å². The number of nitrogens with one attached hydrogen (secondary N) is 1. The normalized spacial score (nSPS) is 11.8. The number of thioether (sulfide) groups is 1. The molecule has 4 nitrogen and oxygen atoms in total. The first-order chi connectivity index (χ1) is 8.93. The minimum absolute atomic E-state index is 0.0131. The van der Waals surface area contributed by atoms with Crippen molar-refractivity contribution < 1.29 is 18.7 Å². The van der Waals surface area contributed by atoms with Crippen LogP contribution in [0.4, 0.5) is 4.39 Å². The van der Waals surface area contributed by atoms with Crippen molar-refractivity contribution >= 4 is 35.2 Å². The fourth-order valence-corrected chi connectivity index (χ4v) is 2.49. The zero-order valence-corrected chi connectivity index (χ0v) is 12.0. The predicted octanol–water partition coefficient (Wildman–Crippen LogP) is 2.25. The summed E-state index contributed by atoms with van der Waals surface area (Å²) in [6.07, 6.45) is 0. The molecule has 1 unspecified atom stereocenters. The Kier molecular flexibility index (Phi) is 6.11. The van der Waals surface area contributed by atoms with Gasteiger partial charge < -0.3 is 10.1 Å². The Labute approximate surface area is 119 Å². The van der Waals surface area contributed by atoms with Crippen molar-refractivity contribution in [3.63, 3.8) is 0 Å². The third-order valence-corrected chi connectivity index (χ3v) is 3.55. The summed E-state index contributed by atoms with van der Waals surface area (Å²) in [5.74, 6) is -1.09. The molecule has 0 radical (unpaired) electrons. The molecule has 19 heavy (non-hydrogen) atoms. The molecule has 1 aromatic rings. The lowest BCUT2D eigenvalue weighted by atomic mass is 10.3. The monoisotopic (exact) mass is 305 g/mol. The fourth-order valence-electron chi connectivity index (χ4n) is 1.30. The standard InChI is InChI=1S/C12H13ClFNO3S/c1-7(16)15-11(12(17)18-2)6-19-8-3-4-10(14)9(13)5-8/h3-5,11H,6H2,1-2H3,(H,15,16). The maximum Gasteiger partial charge on any atom is 0.329 e. The molecule has 1 aromatic carbocycles. The van der Waals surface area contributed by atoms with Crippen LogP contribution in [0.15, 0.2) is 23.1 Å². The molecule has 0 spiro atoms. The molecule has 1 rings (SSSR count). The number of amides is 1. The zero-order chi connectivity index (χ0) is 14.4. The highest BCUT2D eigenvalue weighted by Crippen LogP contribution is 2.24. The van der Waals surface area contributed by atoms with E-state index in [0.29, 0.717) is 4.90 Å². The van der Waals surface area contributed by atoms with E-state index in [0.717, 1.165) is 0 Å². The number of benzene rings is 1. The Balaban J connectivity index is 2.67. The Bertz CT molecular complexity index is 484. The van der Waals surface area contributed by atoms with E-state index >= 15 is 0 Å². The van der Waals surface area contributed by atoms with Gasteiger partial charge in [-0.1, -0.05) is 11.6 Å².